The van der Waals surface area contributed by atoms with Gasteiger partial charge in [0.1, 0.15) is 12.7 Å². The minimum absolute atomic E-state index is 0.525. The molecule has 3 rings (SSSR count). The quantitative estimate of drug-likeness (QED) is 0.650. The van der Waals surface area contributed by atoms with Gasteiger partial charge in [-0.2, -0.15) is 0 Å². The zero-order valence-corrected chi connectivity index (χ0v) is 13.3. The van der Waals surface area contributed by atoms with Gasteiger partial charge in [0.05, 0.1) is 0 Å². The first-order valence-corrected chi connectivity index (χ1v) is 7.64. The summed E-state index contributed by atoms with van der Waals surface area (Å²) in [5.74, 6) is 0. The molecule has 0 aliphatic heterocycles. The van der Waals surface area contributed by atoms with E-state index in [0.717, 1.165) is 11.1 Å². The van der Waals surface area contributed by atoms with Crippen LogP contribution in [0, 0.1) is 0 Å². The van der Waals surface area contributed by atoms with Crippen molar-refractivity contribution in [2.24, 2.45) is 0 Å². The highest BCUT2D eigenvalue weighted by Gasteiger charge is 2.09. The van der Waals surface area contributed by atoms with Gasteiger partial charge in [-0.15, -0.1) is 0 Å². The van der Waals surface area contributed by atoms with Crippen LogP contribution in [0.5, 0.6) is 0 Å². The van der Waals surface area contributed by atoms with Crippen LogP contribution in [0.25, 0.3) is 0 Å². The van der Waals surface area contributed by atoms with E-state index in [4.69, 9.17) is 28.0 Å². The molecule has 3 aromatic rings. The third kappa shape index (κ3) is 3.81. The highest BCUT2D eigenvalue weighted by molar-refractivity contribution is 6.35. The van der Waals surface area contributed by atoms with E-state index in [1.165, 1.54) is 0 Å². The van der Waals surface area contributed by atoms with Crippen LogP contribution in [0.2, 0.25) is 10.0 Å². The van der Waals surface area contributed by atoms with Gasteiger partial charge in [-0.25, -0.2) is 4.57 Å². The molecule has 0 spiro atoms. The Morgan fingerprint density at radius 1 is 1.05 bits per heavy atom. The second-order valence-electron chi connectivity index (χ2n) is 4.94. The third-order valence-electron chi connectivity index (χ3n) is 3.26. The topological polar surface area (TPSA) is 18.0 Å². The standard InChI is InChI=1S/C17H15Cl2N2O/c18-16-7-6-15(17(19)10-16)11-20-8-9-21(13-20)22-12-14-4-2-1-3-5-14/h1-10,13H,11-12H2/q+1. The first-order chi connectivity index (χ1) is 10.7. The molecule has 0 N–H and O–H groups in total. The lowest BCUT2D eigenvalue weighted by Gasteiger charge is -2.02. The lowest BCUT2D eigenvalue weighted by molar-refractivity contribution is -0.688. The van der Waals surface area contributed by atoms with Crippen LogP contribution in [0.3, 0.4) is 0 Å². The van der Waals surface area contributed by atoms with Crippen molar-refractivity contribution in [1.82, 2.24) is 4.73 Å². The summed E-state index contributed by atoms with van der Waals surface area (Å²) >= 11 is 12.1. The molecule has 112 valence electrons. The maximum absolute atomic E-state index is 6.19. The van der Waals surface area contributed by atoms with E-state index in [1.807, 2.05) is 65.8 Å². The van der Waals surface area contributed by atoms with Gasteiger partial charge >= 0.3 is 0 Å². The Morgan fingerprint density at radius 2 is 1.86 bits per heavy atom. The number of hydrogen-bond donors (Lipinski definition) is 0. The summed E-state index contributed by atoms with van der Waals surface area (Å²) in [4.78, 5) is 5.70. The van der Waals surface area contributed by atoms with Crippen molar-refractivity contribution in [3.05, 3.63) is 88.4 Å². The van der Waals surface area contributed by atoms with Gasteiger partial charge in [0, 0.05) is 15.6 Å². The van der Waals surface area contributed by atoms with Crippen molar-refractivity contribution in [2.45, 2.75) is 13.2 Å². The van der Waals surface area contributed by atoms with Gasteiger partial charge in [0.25, 0.3) is 6.33 Å². The Bertz CT molecular complexity index is 756. The molecule has 1 heterocycles. The first-order valence-electron chi connectivity index (χ1n) is 6.89. The maximum atomic E-state index is 6.19. The van der Waals surface area contributed by atoms with Crippen LogP contribution < -0.4 is 9.40 Å². The van der Waals surface area contributed by atoms with E-state index in [0.29, 0.717) is 23.2 Å². The van der Waals surface area contributed by atoms with Gasteiger partial charge in [-0.1, -0.05) is 64.3 Å². The Hall–Kier alpha value is -1.97. The van der Waals surface area contributed by atoms with Gasteiger partial charge in [-0.3, -0.25) is 0 Å². The molecule has 0 aliphatic rings. The Kier molecular flexibility index (Phi) is 4.66. The van der Waals surface area contributed by atoms with E-state index >= 15 is 0 Å². The number of hydrogen-bond acceptors (Lipinski definition) is 1. The fourth-order valence-electron chi connectivity index (χ4n) is 2.11. The third-order valence-corrected chi connectivity index (χ3v) is 3.85. The zero-order chi connectivity index (χ0) is 15.4. The molecule has 1 aromatic heterocycles. The van der Waals surface area contributed by atoms with Crippen molar-refractivity contribution >= 4 is 23.2 Å². The average Bonchev–Trinajstić information content (AvgIpc) is 2.97. The number of nitrogens with zero attached hydrogens (tertiary/aromatic N) is 2. The minimum atomic E-state index is 0.525. The summed E-state index contributed by atoms with van der Waals surface area (Å²) in [6.45, 7) is 1.19. The van der Waals surface area contributed by atoms with E-state index in [-0.39, 0.29) is 0 Å². The molecule has 0 bridgehead atoms. The van der Waals surface area contributed by atoms with Gasteiger partial charge in [0.15, 0.2) is 12.8 Å². The molecule has 0 amide bonds. The fourth-order valence-corrected chi connectivity index (χ4v) is 2.58. The molecule has 0 fully saturated rings. The van der Waals surface area contributed by atoms with E-state index in [2.05, 4.69) is 0 Å². The summed E-state index contributed by atoms with van der Waals surface area (Å²) in [6, 6.07) is 15.6. The van der Waals surface area contributed by atoms with Crippen LogP contribution in [0.15, 0.2) is 67.3 Å². The van der Waals surface area contributed by atoms with Gasteiger partial charge < -0.3 is 4.84 Å². The summed E-state index contributed by atoms with van der Waals surface area (Å²) in [7, 11) is 0. The average molecular weight is 334 g/mol. The summed E-state index contributed by atoms with van der Waals surface area (Å²) < 4.78 is 3.69. The summed E-state index contributed by atoms with van der Waals surface area (Å²) in [5.41, 5.74) is 2.14. The number of imidazole rings is 1. The lowest BCUT2D eigenvalue weighted by Crippen LogP contribution is -2.32. The van der Waals surface area contributed by atoms with Crippen LogP contribution in [0.4, 0.5) is 0 Å². The number of rotatable bonds is 5. The SMILES string of the molecule is Clc1ccc(C[n+]2ccn(OCc3ccccc3)c2)c(Cl)c1. The molecule has 5 heteroatoms. The molecule has 2 aromatic carbocycles. The molecular weight excluding hydrogens is 319 g/mol. The largest absolute Gasteiger partial charge is 0.331 e. The van der Waals surface area contributed by atoms with Crippen molar-refractivity contribution in [3.63, 3.8) is 0 Å². The minimum Gasteiger partial charge on any atom is -0.331 e. The summed E-state index contributed by atoms with van der Waals surface area (Å²) in [5, 5.41) is 1.31. The lowest BCUT2D eigenvalue weighted by atomic mass is 10.2. The second kappa shape index (κ2) is 6.86. The Balaban J connectivity index is 1.63. The summed E-state index contributed by atoms with van der Waals surface area (Å²) in [6.07, 6.45) is 5.69. The number of halogens is 2. The van der Waals surface area contributed by atoms with Crippen molar-refractivity contribution in [1.29, 1.82) is 0 Å². The molecule has 0 saturated heterocycles. The molecule has 0 saturated carbocycles. The van der Waals surface area contributed by atoms with Crippen molar-refractivity contribution < 1.29 is 9.40 Å². The van der Waals surface area contributed by atoms with E-state index < -0.39 is 0 Å². The normalized spacial score (nSPS) is 10.6. The molecule has 3 nitrogen and oxygen atoms in total. The van der Waals surface area contributed by atoms with Crippen LogP contribution in [-0.2, 0) is 13.2 Å². The predicted octanol–water partition coefficient (Wildman–Crippen LogP) is 3.76. The van der Waals surface area contributed by atoms with Crippen molar-refractivity contribution in [2.75, 3.05) is 0 Å². The zero-order valence-electron chi connectivity index (χ0n) is 11.8. The fraction of sp³-hybridized carbons (Fsp3) is 0.118. The molecule has 22 heavy (non-hydrogen) atoms. The van der Waals surface area contributed by atoms with Crippen LogP contribution in [-0.4, -0.2) is 4.73 Å². The van der Waals surface area contributed by atoms with Crippen LogP contribution in [0.1, 0.15) is 11.1 Å². The smallest absolute Gasteiger partial charge is 0.284 e. The molecule has 0 aliphatic carbocycles. The maximum Gasteiger partial charge on any atom is 0.284 e. The van der Waals surface area contributed by atoms with Gasteiger partial charge in [-0.05, 0) is 17.7 Å². The van der Waals surface area contributed by atoms with E-state index in [9.17, 15) is 0 Å². The highest BCUT2D eigenvalue weighted by atomic mass is 35.5. The molecule has 0 unspecified atom stereocenters. The first kappa shape index (κ1) is 14.9. The van der Waals surface area contributed by atoms with Gasteiger partial charge in [0.2, 0.25) is 0 Å². The molecular formula is C17H15Cl2N2O+. The monoisotopic (exact) mass is 333 g/mol. The second-order valence-corrected chi connectivity index (χ2v) is 5.78. The molecule has 0 atom stereocenters. The van der Waals surface area contributed by atoms with Crippen LogP contribution >= 0.6 is 23.2 Å². The highest BCUT2D eigenvalue weighted by Crippen LogP contribution is 2.20. The predicted molar refractivity (Wildman–Crippen MR) is 86.9 cm³/mol. The number of aromatic nitrogens is 2. The Morgan fingerprint density at radius 3 is 2.64 bits per heavy atom. The Labute approximate surface area is 139 Å². The number of benzene rings is 2. The van der Waals surface area contributed by atoms with E-state index in [1.54, 1.807) is 10.8 Å². The molecule has 0 radical (unpaired) electrons. The van der Waals surface area contributed by atoms with Crippen molar-refractivity contribution in [3.8, 4) is 0 Å².